The number of rotatable bonds is 1. The van der Waals surface area contributed by atoms with Gasteiger partial charge in [0.1, 0.15) is 0 Å². The Hall–Kier alpha value is -0.300. The molecular weight excluding hydrogens is 188 g/mol. The van der Waals surface area contributed by atoms with Crippen molar-refractivity contribution in [2.24, 2.45) is 0 Å². The molecule has 0 heterocycles. The second-order valence-corrected chi connectivity index (χ2v) is 3.13. The number of aryl methyl sites for hydroxylation is 1. The fraction of sp³-hybridized carbons (Fsp3) is 0.222. The molecule has 0 N–H and O–H groups in total. The van der Waals surface area contributed by atoms with Gasteiger partial charge in [-0.2, -0.15) is 0 Å². The molecule has 1 heteroatoms. The van der Waals surface area contributed by atoms with E-state index in [2.05, 4.69) is 35.8 Å². The van der Waals surface area contributed by atoms with Gasteiger partial charge in [-0.1, -0.05) is 35.0 Å². The fourth-order valence-corrected chi connectivity index (χ4v) is 1.58. The summed E-state index contributed by atoms with van der Waals surface area (Å²) in [6.07, 6.45) is 1.07. The van der Waals surface area contributed by atoms with Gasteiger partial charge in [0.2, 0.25) is 0 Å². The highest BCUT2D eigenvalue weighted by Crippen LogP contribution is 2.18. The SMILES string of the molecule is [CH2]c1ccc(CC)c(Br)c1. The van der Waals surface area contributed by atoms with Crippen molar-refractivity contribution < 1.29 is 0 Å². The topological polar surface area (TPSA) is 0 Å². The summed E-state index contributed by atoms with van der Waals surface area (Å²) in [5.41, 5.74) is 2.40. The van der Waals surface area contributed by atoms with Gasteiger partial charge < -0.3 is 0 Å². The van der Waals surface area contributed by atoms with Crippen LogP contribution in [0, 0.1) is 6.92 Å². The third-order valence-electron chi connectivity index (χ3n) is 1.50. The highest BCUT2D eigenvalue weighted by Gasteiger charge is 1.95. The van der Waals surface area contributed by atoms with Gasteiger partial charge in [0.15, 0.2) is 0 Å². The van der Waals surface area contributed by atoms with Gasteiger partial charge in [0, 0.05) is 4.47 Å². The van der Waals surface area contributed by atoms with Crippen molar-refractivity contribution in [3.63, 3.8) is 0 Å². The summed E-state index contributed by atoms with van der Waals surface area (Å²) in [4.78, 5) is 0. The maximum absolute atomic E-state index is 3.83. The first kappa shape index (κ1) is 7.80. The van der Waals surface area contributed by atoms with E-state index < -0.39 is 0 Å². The Kier molecular flexibility index (Phi) is 2.50. The van der Waals surface area contributed by atoms with E-state index in [4.69, 9.17) is 0 Å². The molecule has 53 valence electrons. The molecule has 0 aliphatic rings. The summed E-state index contributed by atoms with van der Waals surface area (Å²) < 4.78 is 1.17. The Morgan fingerprint density at radius 3 is 2.70 bits per heavy atom. The monoisotopic (exact) mass is 197 g/mol. The first-order chi connectivity index (χ1) is 4.74. The van der Waals surface area contributed by atoms with Gasteiger partial charge >= 0.3 is 0 Å². The average molecular weight is 198 g/mol. The summed E-state index contributed by atoms with van der Waals surface area (Å²) in [5.74, 6) is 0. The predicted molar refractivity (Wildman–Crippen MR) is 48.0 cm³/mol. The standard InChI is InChI=1S/C9H10Br/c1-3-8-5-4-7(2)6-9(8)10/h4-6H,2-3H2,1H3. The van der Waals surface area contributed by atoms with Crippen LogP contribution in [0.15, 0.2) is 22.7 Å². The summed E-state index contributed by atoms with van der Waals surface area (Å²) in [7, 11) is 0. The lowest BCUT2D eigenvalue weighted by Crippen LogP contribution is -1.82. The lowest BCUT2D eigenvalue weighted by Gasteiger charge is -2.00. The minimum atomic E-state index is 1.06. The molecule has 0 aromatic heterocycles. The van der Waals surface area contributed by atoms with Gasteiger partial charge in [0.25, 0.3) is 0 Å². The van der Waals surface area contributed by atoms with E-state index in [1.54, 1.807) is 0 Å². The Labute approximate surface area is 70.4 Å². The molecule has 0 spiro atoms. The van der Waals surface area contributed by atoms with Crippen LogP contribution < -0.4 is 0 Å². The quantitative estimate of drug-likeness (QED) is 0.649. The predicted octanol–water partition coefficient (Wildman–Crippen LogP) is 3.19. The molecule has 0 unspecified atom stereocenters. The van der Waals surface area contributed by atoms with Gasteiger partial charge in [-0.15, -0.1) is 0 Å². The molecule has 1 aromatic carbocycles. The van der Waals surface area contributed by atoms with Crippen LogP contribution in [0.2, 0.25) is 0 Å². The number of halogens is 1. The van der Waals surface area contributed by atoms with Gasteiger partial charge in [-0.3, -0.25) is 0 Å². The van der Waals surface area contributed by atoms with Crippen LogP contribution in [0.4, 0.5) is 0 Å². The lowest BCUT2D eigenvalue weighted by molar-refractivity contribution is 1.12. The summed E-state index contributed by atoms with van der Waals surface area (Å²) in [6.45, 7) is 5.97. The van der Waals surface area contributed by atoms with Crippen molar-refractivity contribution in [1.29, 1.82) is 0 Å². The Morgan fingerprint density at radius 1 is 1.50 bits per heavy atom. The number of hydrogen-bond donors (Lipinski definition) is 0. The van der Waals surface area contributed by atoms with Crippen LogP contribution in [-0.4, -0.2) is 0 Å². The molecule has 0 amide bonds. The van der Waals surface area contributed by atoms with E-state index in [0.717, 1.165) is 12.0 Å². The van der Waals surface area contributed by atoms with Crippen molar-refractivity contribution in [2.45, 2.75) is 13.3 Å². The smallest absolute Gasteiger partial charge is 0.0209 e. The molecule has 0 saturated heterocycles. The largest absolute Gasteiger partial charge is 0.0613 e. The highest BCUT2D eigenvalue weighted by atomic mass is 79.9. The number of hydrogen-bond acceptors (Lipinski definition) is 0. The Morgan fingerprint density at radius 2 is 2.20 bits per heavy atom. The van der Waals surface area contributed by atoms with Crippen LogP contribution in [-0.2, 0) is 6.42 Å². The van der Waals surface area contributed by atoms with Crippen LogP contribution in [0.3, 0.4) is 0 Å². The van der Waals surface area contributed by atoms with E-state index in [0.29, 0.717) is 0 Å². The van der Waals surface area contributed by atoms with Crippen LogP contribution >= 0.6 is 15.9 Å². The molecule has 1 rings (SSSR count). The zero-order chi connectivity index (χ0) is 7.56. The van der Waals surface area contributed by atoms with Gasteiger partial charge in [0.05, 0.1) is 0 Å². The van der Waals surface area contributed by atoms with Crippen molar-refractivity contribution in [3.8, 4) is 0 Å². The van der Waals surface area contributed by atoms with Gasteiger partial charge in [-0.05, 0) is 30.5 Å². The summed E-state index contributed by atoms with van der Waals surface area (Å²) in [6, 6.07) is 6.18. The van der Waals surface area contributed by atoms with Crippen molar-refractivity contribution in [3.05, 3.63) is 40.7 Å². The second-order valence-electron chi connectivity index (χ2n) is 2.28. The molecule has 0 nitrogen and oxygen atoms in total. The molecule has 0 bridgehead atoms. The highest BCUT2D eigenvalue weighted by molar-refractivity contribution is 9.10. The Bertz CT molecular complexity index is 228. The van der Waals surface area contributed by atoms with E-state index >= 15 is 0 Å². The van der Waals surface area contributed by atoms with Gasteiger partial charge in [-0.25, -0.2) is 0 Å². The molecule has 0 saturated carbocycles. The van der Waals surface area contributed by atoms with E-state index in [-0.39, 0.29) is 0 Å². The molecule has 0 atom stereocenters. The first-order valence-electron chi connectivity index (χ1n) is 3.34. The average Bonchev–Trinajstić information content (AvgIpc) is 1.88. The first-order valence-corrected chi connectivity index (χ1v) is 4.13. The zero-order valence-corrected chi connectivity index (χ0v) is 7.61. The summed E-state index contributed by atoms with van der Waals surface area (Å²) in [5, 5.41) is 0. The van der Waals surface area contributed by atoms with E-state index in [1.165, 1.54) is 10.0 Å². The third-order valence-corrected chi connectivity index (χ3v) is 2.24. The van der Waals surface area contributed by atoms with Crippen molar-refractivity contribution >= 4 is 15.9 Å². The van der Waals surface area contributed by atoms with Crippen LogP contribution in [0.1, 0.15) is 18.1 Å². The molecule has 10 heavy (non-hydrogen) atoms. The van der Waals surface area contributed by atoms with Crippen molar-refractivity contribution in [1.82, 2.24) is 0 Å². The maximum Gasteiger partial charge on any atom is 0.0209 e. The molecule has 0 aliphatic heterocycles. The Balaban J connectivity index is 3.07. The minimum absolute atomic E-state index is 1.06. The van der Waals surface area contributed by atoms with Crippen LogP contribution in [0.5, 0.6) is 0 Å². The summed E-state index contributed by atoms with van der Waals surface area (Å²) >= 11 is 3.47. The molecule has 1 radical (unpaired) electrons. The third kappa shape index (κ3) is 1.60. The zero-order valence-electron chi connectivity index (χ0n) is 6.02. The second kappa shape index (κ2) is 3.20. The normalized spacial score (nSPS) is 9.90. The van der Waals surface area contributed by atoms with Crippen molar-refractivity contribution in [2.75, 3.05) is 0 Å². The molecule has 1 aromatic rings. The molecule has 0 fully saturated rings. The van der Waals surface area contributed by atoms with Crippen LogP contribution in [0.25, 0.3) is 0 Å². The number of benzene rings is 1. The maximum atomic E-state index is 3.83. The molecular formula is C9H10Br. The van der Waals surface area contributed by atoms with E-state index in [9.17, 15) is 0 Å². The lowest BCUT2D eigenvalue weighted by atomic mass is 10.1. The van der Waals surface area contributed by atoms with E-state index in [1.807, 2.05) is 12.1 Å². The minimum Gasteiger partial charge on any atom is -0.0613 e. The fourth-order valence-electron chi connectivity index (χ4n) is 0.878. The molecule has 0 aliphatic carbocycles.